The molecule has 1 amide bonds. The molecule has 0 radical (unpaired) electrons. The Kier molecular flexibility index (Phi) is 6.70. The predicted molar refractivity (Wildman–Crippen MR) is 73.3 cm³/mol. The molecule has 1 rings (SSSR count). The molecule has 106 valence electrons. The van der Waals surface area contributed by atoms with Crippen LogP contribution in [0.4, 0.5) is 11.4 Å². The van der Waals surface area contributed by atoms with E-state index in [1.807, 2.05) is 0 Å². The van der Waals surface area contributed by atoms with Crippen molar-refractivity contribution < 1.29 is 19.0 Å². The number of anilines is 2. The van der Waals surface area contributed by atoms with Crippen LogP contribution >= 0.6 is 0 Å². The molecule has 0 bridgehead atoms. The molecular weight excluding hydrogens is 248 g/mol. The Morgan fingerprint density at radius 3 is 2.68 bits per heavy atom. The standard InChI is InChI=1S/C13H20N2O4/c1-17-7-8-19-6-5-13(16)15-10-3-4-12(18-2)11(14)9-10/h3-4,9H,5-8,14H2,1-2H3,(H,15,16). The summed E-state index contributed by atoms with van der Waals surface area (Å²) in [5.74, 6) is 0.461. The maximum Gasteiger partial charge on any atom is 0.226 e. The van der Waals surface area contributed by atoms with Gasteiger partial charge in [-0.2, -0.15) is 0 Å². The van der Waals surface area contributed by atoms with Crippen molar-refractivity contribution in [2.24, 2.45) is 0 Å². The number of hydrogen-bond acceptors (Lipinski definition) is 5. The number of rotatable bonds is 8. The zero-order valence-electron chi connectivity index (χ0n) is 11.3. The van der Waals surface area contributed by atoms with Gasteiger partial charge in [-0.1, -0.05) is 0 Å². The van der Waals surface area contributed by atoms with E-state index in [-0.39, 0.29) is 12.3 Å². The number of nitrogens with two attached hydrogens (primary N) is 1. The lowest BCUT2D eigenvalue weighted by molar-refractivity contribution is -0.117. The van der Waals surface area contributed by atoms with Gasteiger partial charge in [0.05, 0.1) is 39.0 Å². The van der Waals surface area contributed by atoms with Crippen LogP contribution in [-0.2, 0) is 14.3 Å². The third-order valence-electron chi connectivity index (χ3n) is 2.42. The fraction of sp³-hybridized carbons (Fsp3) is 0.462. The highest BCUT2D eigenvalue weighted by Crippen LogP contribution is 2.24. The number of amides is 1. The molecule has 0 unspecified atom stereocenters. The van der Waals surface area contributed by atoms with E-state index >= 15 is 0 Å². The second-order valence-corrected chi connectivity index (χ2v) is 3.86. The highest BCUT2D eigenvalue weighted by atomic mass is 16.5. The van der Waals surface area contributed by atoms with Gasteiger partial charge in [-0.3, -0.25) is 4.79 Å². The average molecular weight is 268 g/mol. The first kappa shape index (κ1) is 15.3. The third kappa shape index (κ3) is 5.58. The number of benzene rings is 1. The molecule has 6 heteroatoms. The van der Waals surface area contributed by atoms with E-state index in [1.165, 1.54) is 0 Å². The zero-order valence-corrected chi connectivity index (χ0v) is 11.3. The van der Waals surface area contributed by atoms with Gasteiger partial charge in [0.25, 0.3) is 0 Å². The van der Waals surface area contributed by atoms with E-state index in [1.54, 1.807) is 32.4 Å². The molecule has 1 aromatic carbocycles. The summed E-state index contributed by atoms with van der Waals surface area (Å²) in [6, 6.07) is 5.10. The molecule has 0 saturated carbocycles. The third-order valence-corrected chi connectivity index (χ3v) is 2.42. The van der Waals surface area contributed by atoms with Gasteiger partial charge in [-0.25, -0.2) is 0 Å². The summed E-state index contributed by atoms with van der Waals surface area (Å²) in [4.78, 5) is 11.6. The first-order chi connectivity index (χ1) is 9.17. The van der Waals surface area contributed by atoms with E-state index in [4.69, 9.17) is 19.9 Å². The number of methoxy groups -OCH3 is 2. The SMILES string of the molecule is COCCOCCC(=O)Nc1ccc(OC)c(N)c1. The molecule has 6 nitrogen and oxygen atoms in total. The highest BCUT2D eigenvalue weighted by molar-refractivity contribution is 5.91. The summed E-state index contributed by atoms with van der Waals surface area (Å²) >= 11 is 0. The van der Waals surface area contributed by atoms with E-state index < -0.39 is 0 Å². The van der Waals surface area contributed by atoms with Crippen LogP contribution in [0, 0.1) is 0 Å². The number of carbonyl (C=O) groups is 1. The molecule has 0 aliphatic heterocycles. The smallest absolute Gasteiger partial charge is 0.226 e. The van der Waals surface area contributed by atoms with Gasteiger partial charge in [0, 0.05) is 12.8 Å². The molecular formula is C13H20N2O4. The number of ether oxygens (including phenoxy) is 3. The van der Waals surface area contributed by atoms with Crippen LogP contribution in [-0.4, -0.2) is 39.9 Å². The van der Waals surface area contributed by atoms with Gasteiger partial charge >= 0.3 is 0 Å². The molecule has 0 aliphatic carbocycles. The molecule has 3 N–H and O–H groups in total. The molecule has 0 aliphatic rings. The average Bonchev–Trinajstić information content (AvgIpc) is 2.39. The minimum atomic E-state index is -0.123. The van der Waals surface area contributed by atoms with Crippen molar-refractivity contribution in [1.82, 2.24) is 0 Å². The van der Waals surface area contributed by atoms with Gasteiger partial charge < -0.3 is 25.3 Å². The topological polar surface area (TPSA) is 82.8 Å². The Hall–Kier alpha value is -1.79. The predicted octanol–water partition coefficient (Wildman–Crippen LogP) is 1.27. The molecule has 19 heavy (non-hydrogen) atoms. The molecule has 0 atom stereocenters. The van der Waals surface area contributed by atoms with Crippen LogP contribution in [0.5, 0.6) is 5.75 Å². The number of hydrogen-bond donors (Lipinski definition) is 2. The molecule has 1 aromatic rings. The Morgan fingerprint density at radius 2 is 2.05 bits per heavy atom. The lowest BCUT2D eigenvalue weighted by Crippen LogP contribution is -2.15. The van der Waals surface area contributed by atoms with Crippen LogP contribution in [0.25, 0.3) is 0 Å². The number of nitrogen functional groups attached to an aromatic ring is 1. The van der Waals surface area contributed by atoms with Crippen molar-refractivity contribution in [3.8, 4) is 5.75 Å². The first-order valence-electron chi connectivity index (χ1n) is 5.97. The van der Waals surface area contributed by atoms with Gasteiger partial charge in [0.1, 0.15) is 5.75 Å². The van der Waals surface area contributed by atoms with E-state index in [9.17, 15) is 4.79 Å². The van der Waals surface area contributed by atoms with E-state index in [2.05, 4.69) is 5.32 Å². The van der Waals surface area contributed by atoms with Crippen molar-refractivity contribution in [3.05, 3.63) is 18.2 Å². The van der Waals surface area contributed by atoms with Crippen LogP contribution in [0.15, 0.2) is 18.2 Å². The van der Waals surface area contributed by atoms with Gasteiger partial charge in [-0.05, 0) is 18.2 Å². The normalized spacial score (nSPS) is 10.2. The summed E-state index contributed by atoms with van der Waals surface area (Å²) in [5, 5.41) is 2.74. The fourth-order valence-corrected chi connectivity index (χ4v) is 1.44. The summed E-state index contributed by atoms with van der Waals surface area (Å²) < 4.78 is 15.1. The highest BCUT2D eigenvalue weighted by Gasteiger charge is 2.05. The second kappa shape index (κ2) is 8.34. The van der Waals surface area contributed by atoms with Crippen molar-refractivity contribution in [2.45, 2.75) is 6.42 Å². The first-order valence-corrected chi connectivity index (χ1v) is 5.97. The Balaban J connectivity index is 2.34. The minimum Gasteiger partial charge on any atom is -0.495 e. The molecule has 0 fully saturated rings. The van der Waals surface area contributed by atoms with Gasteiger partial charge in [0.2, 0.25) is 5.91 Å². The van der Waals surface area contributed by atoms with Crippen LogP contribution in [0.1, 0.15) is 6.42 Å². The minimum absolute atomic E-state index is 0.123. The number of nitrogens with one attached hydrogen (secondary N) is 1. The maximum atomic E-state index is 11.6. The summed E-state index contributed by atoms with van der Waals surface area (Å²) in [6.45, 7) is 1.37. The van der Waals surface area contributed by atoms with E-state index in [0.717, 1.165) is 0 Å². The van der Waals surface area contributed by atoms with Crippen molar-refractivity contribution in [2.75, 3.05) is 45.1 Å². The quantitative estimate of drug-likeness (QED) is 0.548. The lowest BCUT2D eigenvalue weighted by atomic mass is 10.2. The zero-order chi connectivity index (χ0) is 14.1. The lowest BCUT2D eigenvalue weighted by Gasteiger charge is -2.09. The molecule has 0 aromatic heterocycles. The Labute approximate surface area is 112 Å². The van der Waals surface area contributed by atoms with Crippen molar-refractivity contribution in [1.29, 1.82) is 0 Å². The summed E-state index contributed by atoms with van der Waals surface area (Å²) in [7, 11) is 3.14. The Bertz CT molecular complexity index is 410. The summed E-state index contributed by atoms with van der Waals surface area (Å²) in [6.07, 6.45) is 0.287. The molecule has 0 saturated heterocycles. The Morgan fingerprint density at radius 1 is 1.26 bits per heavy atom. The van der Waals surface area contributed by atoms with Crippen molar-refractivity contribution in [3.63, 3.8) is 0 Å². The van der Waals surface area contributed by atoms with Crippen LogP contribution in [0.3, 0.4) is 0 Å². The van der Waals surface area contributed by atoms with E-state index in [0.29, 0.717) is 36.9 Å². The fourth-order valence-electron chi connectivity index (χ4n) is 1.44. The maximum absolute atomic E-state index is 11.6. The molecule has 0 spiro atoms. The summed E-state index contributed by atoms with van der Waals surface area (Å²) in [5.41, 5.74) is 6.87. The van der Waals surface area contributed by atoms with Gasteiger partial charge in [0.15, 0.2) is 0 Å². The molecule has 0 heterocycles. The largest absolute Gasteiger partial charge is 0.495 e. The van der Waals surface area contributed by atoms with Crippen LogP contribution < -0.4 is 15.8 Å². The second-order valence-electron chi connectivity index (χ2n) is 3.86. The number of carbonyl (C=O) groups excluding carboxylic acids is 1. The van der Waals surface area contributed by atoms with Crippen LogP contribution in [0.2, 0.25) is 0 Å². The van der Waals surface area contributed by atoms with Gasteiger partial charge in [-0.15, -0.1) is 0 Å². The monoisotopic (exact) mass is 268 g/mol. The van der Waals surface area contributed by atoms with Crippen molar-refractivity contribution >= 4 is 17.3 Å².